The summed E-state index contributed by atoms with van der Waals surface area (Å²) in [5, 5.41) is 11.2. The van der Waals surface area contributed by atoms with Gasteiger partial charge in [0.15, 0.2) is 5.96 Å². The number of benzene rings is 1. The number of ether oxygens (including phenoxy) is 2. The molecule has 3 heterocycles. The molecule has 2 N–H and O–H groups in total. The number of hydrogen-bond donors (Lipinski definition) is 2. The number of hydrogen-bond acceptors (Lipinski definition) is 5. The summed E-state index contributed by atoms with van der Waals surface area (Å²) in [7, 11) is 1.54. The van der Waals surface area contributed by atoms with Gasteiger partial charge < -0.3 is 14.8 Å². The molecule has 0 radical (unpaired) electrons. The highest BCUT2D eigenvalue weighted by Crippen LogP contribution is 2.43. The van der Waals surface area contributed by atoms with Crippen LogP contribution in [0.25, 0.3) is 0 Å². The lowest BCUT2D eigenvalue weighted by Crippen LogP contribution is -2.69. The van der Waals surface area contributed by atoms with Crippen molar-refractivity contribution in [1.82, 2.24) is 15.2 Å². The summed E-state index contributed by atoms with van der Waals surface area (Å²) in [5.74, 6) is -0.425. The largest absolute Gasteiger partial charge is 0.456 e. The van der Waals surface area contributed by atoms with Crippen LogP contribution in [0.4, 0.5) is 4.39 Å². The first-order chi connectivity index (χ1) is 13.4. The number of guanidine groups is 1. The smallest absolute Gasteiger partial charge is 0.235 e. The first-order valence-electron chi connectivity index (χ1n) is 9.04. The van der Waals surface area contributed by atoms with Crippen LogP contribution in [0.1, 0.15) is 18.9 Å². The van der Waals surface area contributed by atoms with Gasteiger partial charge in [0.25, 0.3) is 0 Å². The molecule has 0 bridgehead atoms. The van der Waals surface area contributed by atoms with Crippen LogP contribution < -0.4 is 10.1 Å². The van der Waals surface area contributed by atoms with Crippen LogP contribution in [0.3, 0.4) is 0 Å². The molecular weight excluding hydrogens is 363 g/mol. The van der Waals surface area contributed by atoms with E-state index in [-0.39, 0.29) is 30.1 Å². The molecule has 0 saturated carbocycles. The fourth-order valence-corrected chi connectivity index (χ4v) is 3.84. The van der Waals surface area contributed by atoms with Crippen molar-refractivity contribution in [2.75, 3.05) is 13.7 Å². The molecule has 7 nitrogen and oxygen atoms in total. The molecule has 146 valence electrons. The van der Waals surface area contributed by atoms with Crippen molar-refractivity contribution < 1.29 is 18.7 Å². The Kier molecular flexibility index (Phi) is 4.50. The molecule has 2 fully saturated rings. The number of rotatable bonds is 3. The van der Waals surface area contributed by atoms with E-state index in [0.717, 1.165) is 0 Å². The normalized spacial score (nSPS) is 27.2. The molecular formula is C20H21FN4O3. The number of amides is 1. The van der Waals surface area contributed by atoms with Crippen LogP contribution in [-0.2, 0) is 15.1 Å². The molecule has 2 aromatic rings. The average molecular weight is 384 g/mol. The van der Waals surface area contributed by atoms with Gasteiger partial charge in [0.1, 0.15) is 22.9 Å². The number of fused-ring (bicyclic) bond motifs is 1. The van der Waals surface area contributed by atoms with E-state index in [2.05, 4.69) is 10.3 Å². The van der Waals surface area contributed by atoms with Crippen molar-refractivity contribution in [1.29, 1.82) is 5.41 Å². The third kappa shape index (κ3) is 2.99. The summed E-state index contributed by atoms with van der Waals surface area (Å²) in [6.45, 7) is 1.96. The number of pyridine rings is 1. The molecule has 0 spiro atoms. The number of carbonyl (C=O) groups excluding carboxylic acids is 1. The summed E-state index contributed by atoms with van der Waals surface area (Å²) in [6, 6.07) is 7.87. The van der Waals surface area contributed by atoms with Crippen molar-refractivity contribution in [2.45, 2.75) is 25.0 Å². The lowest BCUT2D eigenvalue weighted by molar-refractivity contribution is -0.148. The summed E-state index contributed by atoms with van der Waals surface area (Å²) < 4.78 is 26.5. The molecule has 0 unspecified atom stereocenters. The molecule has 2 saturated heterocycles. The predicted molar refractivity (Wildman–Crippen MR) is 99.5 cm³/mol. The quantitative estimate of drug-likeness (QED) is 0.850. The zero-order valence-corrected chi connectivity index (χ0v) is 15.6. The first kappa shape index (κ1) is 18.4. The predicted octanol–water partition coefficient (Wildman–Crippen LogP) is 2.63. The highest BCUT2D eigenvalue weighted by atomic mass is 19.1. The van der Waals surface area contributed by atoms with Gasteiger partial charge in [-0.25, -0.2) is 4.39 Å². The molecule has 0 aliphatic carbocycles. The summed E-state index contributed by atoms with van der Waals surface area (Å²) in [5.41, 5.74) is -0.914. The van der Waals surface area contributed by atoms with E-state index in [9.17, 15) is 9.18 Å². The second-order valence-electron chi connectivity index (χ2n) is 7.18. The minimum atomic E-state index is -1.16. The van der Waals surface area contributed by atoms with Gasteiger partial charge in [-0.15, -0.1) is 0 Å². The van der Waals surface area contributed by atoms with Gasteiger partial charge in [0.2, 0.25) is 5.91 Å². The van der Waals surface area contributed by atoms with Gasteiger partial charge in [-0.05, 0) is 43.7 Å². The third-order valence-electron chi connectivity index (χ3n) is 5.35. The van der Waals surface area contributed by atoms with Crippen molar-refractivity contribution >= 4 is 11.9 Å². The fourth-order valence-electron chi connectivity index (χ4n) is 3.84. The van der Waals surface area contributed by atoms with E-state index in [1.807, 2.05) is 6.92 Å². The highest BCUT2D eigenvalue weighted by Gasteiger charge is 2.54. The van der Waals surface area contributed by atoms with Crippen LogP contribution in [0, 0.1) is 17.1 Å². The van der Waals surface area contributed by atoms with E-state index < -0.39 is 17.3 Å². The molecule has 4 rings (SSSR count). The second-order valence-corrected chi connectivity index (χ2v) is 7.18. The number of carbonyl (C=O) groups is 1. The van der Waals surface area contributed by atoms with E-state index in [1.54, 1.807) is 37.6 Å². The van der Waals surface area contributed by atoms with Gasteiger partial charge in [-0.1, -0.05) is 0 Å². The third-order valence-corrected chi connectivity index (χ3v) is 5.35. The molecule has 2 aliphatic rings. The summed E-state index contributed by atoms with van der Waals surface area (Å²) in [6.07, 6.45) is 3.48. The summed E-state index contributed by atoms with van der Waals surface area (Å²) >= 11 is 0. The van der Waals surface area contributed by atoms with Crippen LogP contribution in [0.15, 0.2) is 42.7 Å². The standard InChI is InChI=1S/C20H21FN4O3/c1-12-8-16-18(26)25(2)19(22)24-20(16,11-27-12)15-9-13(5-6-17(15)21)28-14-4-3-7-23-10-14/h3-7,9-10,12,16H,8,11H2,1-2H3,(H2,22,24)/t12-,16-,20+/m0/s1. The molecule has 1 aromatic carbocycles. The maximum absolute atomic E-state index is 14.9. The maximum atomic E-state index is 14.9. The molecule has 2 aliphatic heterocycles. The van der Waals surface area contributed by atoms with E-state index in [4.69, 9.17) is 14.9 Å². The Morgan fingerprint density at radius 2 is 2.21 bits per heavy atom. The Balaban J connectivity index is 1.77. The van der Waals surface area contributed by atoms with Crippen molar-refractivity contribution in [3.05, 3.63) is 54.1 Å². The van der Waals surface area contributed by atoms with Gasteiger partial charge in [0, 0.05) is 18.8 Å². The number of nitrogens with one attached hydrogen (secondary N) is 2. The average Bonchev–Trinajstić information content (AvgIpc) is 2.69. The zero-order valence-electron chi connectivity index (χ0n) is 15.6. The van der Waals surface area contributed by atoms with Crippen LogP contribution in [0.5, 0.6) is 11.5 Å². The molecule has 8 heteroatoms. The Labute approximate surface area is 162 Å². The van der Waals surface area contributed by atoms with Crippen LogP contribution >= 0.6 is 0 Å². The molecule has 1 amide bonds. The SMILES string of the molecule is C[C@H]1C[C@H]2C(=O)N(C)C(=N)N[C@@]2(c2cc(Oc3cccnc3)ccc2F)CO1. The van der Waals surface area contributed by atoms with Crippen molar-refractivity contribution in [3.8, 4) is 11.5 Å². The summed E-state index contributed by atoms with van der Waals surface area (Å²) in [4.78, 5) is 18.2. The minimum absolute atomic E-state index is 0.0774. The van der Waals surface area contributed by atoms with Crippen LogP contribution in [0.2, 0.25) is 0 Å². The maximum Gasteiger partial charge on any atom is 0.235 e. The number of aromatic nitrogens is 1. The Bertz CT molecular complexity index is 923. The Morgan fingerprint density at radius 1 is 1.39 bits per heavy atom. The Hall–Kier alpha value is -3.00. The minimum Gasteiger partial charge on any atom is -0.456 e. The van der Waals surface area contributed by atoms with Crippen molar-refractivity contribution in [3.63, 3.8) is 0 Å². The fraction of sp³-hybridized carbons (Fsp3) is 0.350. The molecule has 3 atom stereocenters. The van der Waals surface area contributed by atoms with Gasteiger partial charge >= 0.3 is 0 Å². The lowest BCUT2D eigenvalue weighted by atomic mass is 9.72. The highest BCUT2D eigenvalue weighted by molar-refractivity contribution is 6.00. The van der Waals surface area contributed by atoms with E-state index in [0.29, 0.717) is 17.9 Å². The Morgan fingerprint density at radius 3 is 2.96 bits per heavy atom. The van der Waals surface area contributed by atoms with Crippen LogP contribution in [-0.4, -0.2) is 41.5 Å². The second kappa shape index (κ2) is 6.87. The van der Waals surface area contributed by atoms with E-state index in [1.165, 1.54) is 17.0 Å². The zero-order chi connectivity index (χ0) is 19.9. The topological polar surface area (TPSA) is 87.5 Å². The monoisotopic (exact) mass is 384 g/mol. The molecule has 1 aromatic heterocycles. The lowest BCUT2D eigenvalue weighted by Gasteiger charge is -2.51. The van der Waals surface area contributed by atoms with Gasteiger partial charge in [-0.3, -0.25) is 20.1 Å². The number of nitrogens with zero attached hydrogens (tertiary/aromatic N) is 2. The van der Waals surface area contributed by atoms with E-state index >= 15 is 0 Å². The van der Waals surface area contributed by atoms with Gasteiger partial charge in [0.05, 0.1) is 24.8 Å². The number of halogens is 1. The van der Waals surface area contributed by atoms with Gasteiger partial charge in [-0.2, -0.15) is 0 Å². The first-order valence-corrected chi connectivity index (χ1v) is 9.04. The van der Waals surface area contributed by atoms with Crippen molar-refractivity contribution in [2.24, 2.45) is 5.92 Å². The molecule has 28 heavy (non-hydrogen) atoms.